The molecular weight excluding hydrogens is 941 g/mol. The topological polar surface area (TPSA) is 239 Å². The summed E-state index contributed by atoms with van der Waals surface area (Å²) in [5, 5.41) is 24.1. The van der Waals surface area contributed by atoms with E-state index in [4.69, 9.17) is 0 Å². The first-order chi connectivity index (χ1) is 34.7. The molecule has 2 saturated heterocycles. The first-order valence-corrected chi connectivity index (χ1v) is 26.5. The van der Waals surface area contributed by atoms with Crippen LogP contribution in [0.5, 0.6) is 0 Å². The quantitative estimate of drug-likeness (QED) is 0.0959. The third-order valence-corrected chi connectivity index (χ3v) is 16.2. The van der Waals surface area contributed by atoms with E-state index >= 15 is 0 Å². The fraction of sp³-hybridized carbons (Fsp3) is 0.643. The van der Waals surface area contributed by atoms with Crippen LogP contribution in [0.4, 0.5) is 0 Å². The summed E-state index contributed by atoms with van der Waals surface area (Å²) in [5.74, 6) is -3.10. The number of benzene rings is 2. The lowest BCUT2D eigenvalue weighted by molar-refractivity contribution is -0.144. The highest BCUT2D eigenvalue weighted by Crippen LogP contribution is 2.56. The Balaban J connectivity index is 1.26. The Morgan fingerprint density at radius 3 is 1.34 bits per heavy atom. The molecule has 0 spiro atoms. The van der Waals surface area contributed by atoms with Gasteiger partial charge in [-0.2, -0.15) is 0 Å². The largest absolute Gasteiger partial charge is 0.353 e. The summed E-state index contributed by atoms with van der Waals surface area (Å²) >= 11 is 0. The molecule has 10 atom stereocenters. The lowest BCUT2D eigenvalue weighted by Gasteiger charge is -2.40. The van der Waals surface area contributed by atoms with E-state index in [-0.39, 0.29) is 60.3 Å². The van der Waals surface area contributed by atoms with Gasteiger partial charge in [0.05, 0.1) is 29.6 Å². The molecule has 0 radical (unpaired) electrons. The van der Waals surface area contributed by atoms with E-state index < -0.39 is 75.9 Å². The highest BCUT2D eigenvalue weighted by atomic mass is 16.2. The van der Waals surface area contributed by atoms with E-state index in [9.17, 15) is 38.4 Å². The number of likely N-dealkylation sites (tertiary alicyclic amines) is 2. The van der Waals surface area contributed by atoms with Crippen LogP contribution >= 0.6 is 0 Å². The van der Waals surface area contributed by atoms with Crippen LogP contribution in [0, 0.1) is 27.6 Å². The van der Waals surface area contributed by atoms with Crippen molar-refractivity contribution < 1.29 is 38.4 Å². The van der Waals surface area contributed by atoms with Gasteiger partial charge in [-0.3, -0.25) is 38.4 Å². The molecule has 0 bridgehead atoms. The molecule has 1 saturated carbocycles. The zero-order valence-corrected chi connectivity index (χ0v) is 46.2. The number of amides is 8. The summed E-state index contributed by atoms with van der Waals surface area (Å²) in [4.78, 5) is 115. The molecule has 1 aliphatic carbocycles. The minimum atomic E-state index is -0.993. The summed E-state index contributed by atoms with van der Waals surface area (Å²) < 4.78 is 0. The zero-order valence-electron chi connectivity index (χ0n) is 46.2. The summed E-state index contributed by atoms with van der Waals surface area (Å²) in [6, 6.07) is 13.0. The number of hydrogen-bond donors (Lipinski definition) is 8. The molecule has 3 aliphatic rings. The smallest absolute Gasteiger partial charge is 0.246 e. The van der Waals surface area contributed by atoms with Gasteiger partial charge in [-0.25, -0.2) is 0 Å². The molecule has 2 aromatic rings. The minimum absolute atomic E-state index is 0.0455. The van der Waals surface area contributed by atoms with Gasteiger partial charge in [0.2, 0.25) is 47.3 Å². The number of hydrogen-bond acceptors (Lipinski definition) is 10. The first-order valence-electron chi connectivity index (χ1n) is 26.5. The number of likely N-dealkylation sites (N-methyl/N-ethyl adjacent to an activating group) is 2. The molecular formula is C56H86N10O8. The van der Waals surface area contributed by atoms with Gasteiger partial charge in [-0.05, 0) is 93.8 Å². The maximum atomic E-state index is 14.5. The predicted octanol–water partition coefficient (Wildman–Crippen LogP) is 3.64. The van der Waals surface area contributed by atoms with E-state index in [1.165, 1.54) is 0 Å². The Morgan fingerprint density at radius 1 is 0.568 bits per heavy atom. The third-order valence-electron chi connectivity index (χ3n) is 16.2. The molecule has 5 rings (SSSR count). The Kier molecular flexibility index (Phi) is 19.6. The number of carbonyl (C=O) groups excluding carboxylic acids is 8. The van der Waals surface area contributed by atoms with Crippen molar-refractivity contribution in [1.82, 2.24) is 52.3 Å². The molecule has 408 valence electrons. The van der Waals surface area contributed by atoms with Gasteiger partial charge in [-0.1, -0.05) is 123 Å². The second-order valence-corrected chi connectivity index (χ2v) is 23.6. The van der Waals surface area contributed by atoms with Crippen LogP contribution in [0.3, 0.4) is 0 Å². The highest BCUT2D eigenvalue weighted by molar-refractivity contribution is 5.95. The lowest BCUT2D eigenvalue weighted by Crippen LogP contribution is -2.59. The van der Waals surface area contributed by atoms with Crippen molar-refractivity contribution in [2.45, 2.75) is 163 Å². The molecule has 0 aromatic heterocycles. The number of rotatable bonds is 20. The molecule has 3 fully saturated rings. The van der Waals surface area contributed by atoms with Crippen LogP contribution in [0.1, 0.15) is 138 Å². The maximum absolute atomic E-state index is 14.5. The number of nitrogens with one attached hydrogen (secondary N) is 8. The summed E-state index contributed by atoms with van der Waals surface area (Å²) in [6.45, 7) is 21.2. The van der Waals surface area contributed by atoms with Crippen molar-refractivity contribution in [3.63, 3.8) is 0 Å². The van der Waals surface area contributed by atoms with E-state index in [0.717, 1.165) is 11.1 Å². The van der Waals surface area contributed by atoms with Gasteiger partial charge >= 0.3 is 0 Å². The van der Waals surface area contributed by atoms with Gasteiger partial charge < -0.3 is 52.3 Å². The van der Waals surface area contributed by atoms with Crippen LogP contribution in [0.2, 0.25) is 0 Å². The third kappa shape index (κ3) is 13.7. The van der Waals surface area contributed by atoms with Gasteiger partial charge in [0.25, 0.3) is 0 Å². The van der Waals surface area contributed by atoms with Crippen molar-refractivity contribution in [2.24, 2.45) is 27.6 Å². The number of carbonyl (C=O) groups is 8. The molecule has 8 N–H and O–H groups in total. The van der Waals surface area contributed by atoms with E-state index in [0.29, 0.717) is 51.6 Å². The second kappa shape index (κ2) is 24.6. The van der Waals surface area contributed by atoms with Gasteiger partial charge in [0.15, 0.2) is 0 Å². The summed E-state index contributed by atoms with van der Waals surface area (Å²) in [7, 11) is 3.34. The monoisotopic (exact) mass is 1030 g/mol. The molecule has 18 heteroatoms. The molecule has 2 heterocycles. The van der Waals surface area contributed by atoms with E-state index in [1.807, 2.05) is 123 Å². The molecule has 2 aliphatic heterocycles. The van der Waals surface area contributed by atoms with Crippen LogP contribution < -0.4 is 42.5 Å². The van der Waals surface area contributed by atoms with Gasteiger partial charge in [0.1, 0.15) is 24.2 Å². The molecule has 18 nitrogen and oxygen atoms in total. The molecule has 8 amide bonds. The zero-order chi connectivity index (χ0) is 54.9. The second-order valence-electron chi connectivity index (χ2n) is 23.6. The number of nitrogens with zero attached hydrogens (tertiary/aromatic N) is 2. The predicted molar refractivity (Wildman–Crippen MR) is 285 cm³/mol. The van der Waals surface area contributed by atoms with Crippen LogP contribution in [0.25, 0.3) is 0 Å². The average molecular weight is 1030 g/mol. The standard InChI is InChI=1S/C56H86N10O8/c1-34(57-12)45(67)63-43(53(3,4)5)50(72)65-30-20-26-41(65)48(70)61-39(36-22-16-14-17-23-36)32-59-47(69)38-28-29-56(11,55(38,9)10)52(74)60-33-40(37-24-18-15-19-25-37)62-49(71)42-27-21-31-66(42)51(73)44(54(6,7)8)64-46(68)35(2)58-13/h14-19,22-25,34-35,38-44,57-58H,20-21,26-33H2,1-13H3,(H,59,69)(H,60,74)(H,61,70)(H,62,71)(H,63,67)(H,64,68)/t34-,35-,38-,39+,40+,41-,42-,43?,44+,56+/m0/s1. The lowest BCUT2D eigenvalue weighted by atomic mass is 9.65. The van der Waals surface area contributed by atoms with E-state index in [1.54, 1.807) is 37.7 Å². The van der Waals surface area contributed by atoms with Crippen LogP contribution in [0.15, 0.2) is 60.7 Å². The maximum Gasteiger partial charge on any atom is 0.246 e. The van der Waals surface area contributed by atoms with Crippen LogP contribution in [-0.2, 0) is 38.4 Å². The Hall–Kier alpha value is -5.88. The van der Waals surface area contributed by atoms with Crippen molar-refractivity contribution in [2.75, 3.05) is 40.3 Å². The average Bonchev–Trinajstić information content (AvgIpc) is 4.12. The first kappa shape index (κ1) is 59.0. The van der Waals surface area contributed by atoms with Crippen molar-refractivity contribution in [1.29, 1.82) is 0 Å². The normalized spacial score (nSPS) is 23.1. The van der Waals surface area contributed by atoms with Crippen molar-refractivity contribution in [3.05, 3.63) is 71.8 Å². The fourth-order valence-corrected chi connectivity index (χ4v) is 10.5. The summed E-state index contributed by atoms with van der Waals surface area (Å²) in [5.41, 5.74) is -1.58. The minimum Gasteiger partial charge on any atom is -0.353 e. The summed E-state index contributed by atoms with van der Waals surface area (Å²) in [6.07, 6.45) is 2.94. The van der Waals surface area contributed by atoms with E-state index in [2.05, 4.69) is 42.5 Å². The van der Waals surface area contributed by atoms with Crippen molar-refractivity contribution in [3.8, 4) is 0 Å². The molecule has 2 aromatic carbocycles. The SMILES string of the molecule is CN[C@@H](C)C(=O)NC(C(=O)N1CCC[C@H]1C(=O)N[C@H](CNC(=O)[C@@H]1CC[C@](C)(C(=O)NC[C@@H](NC(=O)[C@@H]2CCCN2C(=O)[C@@H](NC(=O)[C@H](C)NC)C(C)(C)C)c2ccccc2)C1(C)C)c1ccccc1)C(C)(C)C. The fourth-order valence-electron chi connectivity index (χ4n) is 10.5. The highest BCUT2D eigenvalue weighted by Gasteiger charge is 2.58. The Bertz CT molecular complexity index is 2320. The van der Waals surface area contributed by atoms with Crippen LogP contribution in [-0.4, -0.2) is 134 Å². The Labute approximate surface area is 439 Å². The molecule has 1 unspecified atom stereocenters. The van der Waals surface area contributed by atoms with Crippen molar-refractivity contribution >= 4 is 47.3 Å². The Morgan fingerprint density at radius 2 is 0.959 bits per heavy atom. The van der Waals surface area contributed by atoms with Gasteiger partial charge in [-0.15, -0.1) is 0 Å². The van der Waals surface area contributed by atoms with Gasteiger partial charge in [0, 0.05) is 32.1 Å². The molecule has 74 heavy (non-hydrogen) atoms.